The molecule has 2 fully saturated rings. The maximum atomic E-state index is 12.5. The van der Waals surface area contributed by atoms with Gasteiger partial charge in [0, 0.05) is 6.04 Å². The van der Waals surface area contributed by atoms with Crippen molar-refractivity contribution in [2.45, 2.75) is 90.6 Å². The third-order valence-corrected chi connectivity index (χ3v) is 5.89. The van der Waals surface area contributed by atoms with Gasteiger partial charge >= 0.3 is 18.0 Å². The van der Waals surface area contributed by atoms with Crippen LogP contribution in [0.5, 0.6) is 0 Å². The fourth-order valence-electron chi connectivity index (χ4n) is 3.65. The molecule has 11 heteroatoms. The maximum absolute atomic E-state index is 12.5. The second kappa shape index (κ2) is 10.4. The largest absolute Gasteiger partial charge is 0.480 e. The van der Waals surface area contributed by atoms with Crippen LogP contribution in [0.25, 0.3) is 0 Å². The quantitative estimate of drug-likeness (QED) is 0.344. The Morgan fingerprint density at radius 3 is 2.33 bits per heavy atom. The van der Waals surface area contributed by atoms with E-state index in [0.29, 0.717) is 6.42 Å². The van der Waals surface area contributed by atoms with Crippen molar-refractivity contribution in [2.24, 2.45) is 17.8 Å². The number of aliphatic carboxylic acids is 1. The first-order valence-corrected chi connectivity index (χ1v) is 11.3. The number of carboxylic acid groups (broad SMARTS) is 1. The number of carbonyl (C=O) groups excluding carboxylic acids is 4. The summed E-state index contributed by atoms with van der Waals surface area (Å²) in [6.07, 6.45) is -0.176. The Hall–Kier alpha value is -2.85. The Morgan fingerprint density at radius 1 is 1.18 bits per heavy atom. The number of hydrogen-bond acceptors (Lipinski definition) is 7. The highest BCUT2D eigenvalue weighted by Gasteiger charge is 2.51. The molecule has 7 atom stereocenters. The zero-order valence-electron chi connectivity index (χ0n) is 20.0. The Bertz CT molecular complexity index is 793. The summed E-state index contributed by atoms with van der Waals surface area (Å²) >= 11 is 0. The average molecular weight is 470 g/mol. The monoisotopic (exact) mass is 469 g/mol. The van der Waals surface area contributed by atoms with Crippen molar-refractivity contribution in [3.63, 3.8) is 0 Å². The molecule has 1 aliphatic carbocycles. The molecule has 1 saturated heterocycles. The zero-order valence-corrected chi connectivity index (χ0v) is 20.0. The highest BCUT2D eigenvalue weighted by molar-refractivity contribution is 5.94. The molecule has 0 radical (unpaired) electrons. The van der Waals surface area contributed by atoms with Gasteiger partial charge in [0.2, 0.25) is 5.91 Å². The van der Waals surface area contributed by atoms with Crippen LogP contribution in [0.1, 0.15) is 60.8 Å². The van der Waals surface area contributed by atoms with Gasteiger partial charge in [0.05, 0.1) is 0 Å². The van der Waals surface area contributed by atoms with Gasteiger partial charge in [0.25, 0.3) is 5.91 Å². The summed E-state index contributed by atoms with van der Waals surface area (Å²) in [6, 6.07) is -2.42. The number of cyclic esters (lactones) is 1. The van der Waals surface area contributed by atoms with Crippen molar-refractivity contribution in [3.05, 3.63) is 0 Å². The van der Waals surface area contributed by atoms with Crippen LogP contribution in [0.2, 0.25) is 0 Å². The van der Waals surface area contributed by atoms with Crippen LogP contribution in [0, 0.1) is 17.8 Å². The minimum absolute atomic E-state index is 0.0277. The Balaban J connectivity index is 1.82. The molecule has 0 spiro atoms. The van der Waals surface area contributed by atoms with Crippen molar-refractivity contribution in [3.8, 4) is 0 Å². The van der Waals surface area contributed by atoms with Gasteiger partial charge in [-0.2, -0.15) is 0 Å². The fourth-order valence-corrected chi connectivity index (χ4v) is 3.65. The second-order valence-corrected chi connectivity index (χ2v) is 9.88. The van der Waals surface area contributed by atoms with Crippen molar-refractivity contribution in [1.82, 2.24) is 16.0 Å². The normalized spacial score (nSPS) is 26.5. The van der Waals surface area contributed by atoms with Gasteiger partial charge in [-0.05, 0) is 52.4 Å². The standard InChI is InChI=1S/C22H35N3O8/c1-7-10(2)15-16(32-20(15)30)18(27)24-13-8-12(13)9-14(19(28)29)25-17(26)11(3)23-21(31)33-22(4,5)6/h10-16H,7-9H2,1-6H3,(H,23,31)(H,24,27)(H,25,26)(H,28,29)/t10-,11-,12+,13-,14-,15-,16+/m0/s1. The number of nitrogens with one attached hydrogen (secondary N) is 3. The lowest BCUT2D eigenvalue weighted by Gasteiger charge is -2.37. The molecule has 0 bridgehead atoms. The van der Waals surface area contributed by atoms with Crippen molar-refractivity contribution < 1.29 is 38.6 Å². The molecule has 186 valence electrons. The molecule has 2 rings (SSSR count). The number of carbonyl (C=O) groups is 5. The van der Waals surface area contributed by atoms with E-state index >= 15 is 0 Å². The van der Waals surface area contributed by atoms with Gasteiger partial charge < -0.3 is 30.5 Å². The second-order valence-electron chi connectivity index (χ2n) is 9.88. The van der Waals surface area contributed by atoms with E-state index in [4.69, 9.17) is 9.47 Å². The van der Waals surface area contributed by atoms with E-state index in [-0.39, 0.29) is 36.2 Å². The third-order valence-electron chi connectivity index (χ3n) is 5.89. The SMILES string of the molecule is CC[C@H](C)[C@@H]1C(=O)O[C@H]1C(=O)N[C@H]1C[C@@H]1C[C@H](NC(=O)[C@H](C)NC(=O)OC(C)(C)C)C(=O)O. The molecule has 33 heavy (non-hydrogen) atoms. The molecule has 2 aliphatic rings. The van der Waals surface area contributed by atoms with Gasteiger partial charge in [-0.1, -0.05) is 20.3 Å². The first-order valence-electron chi connectivity index (χ1n) is 11.3. The average Bonchev–Trinajstić information content (AvgIpc) is 3.40. The number of carboxylic acids is 1. The van der Waals surface area contributed by atoms with E-state index in [9.17, 15) is 29.1 Å². The molecule has 0 aromatic heterocycles. The van der Waals surface area contributed by atoms with Gasteiger partial charge in [-0.25, -0.2) is 9.59 Å². The van der Waals surface area contributed by atoms with Crippen LogP contribution in [0.15, 0.2) is 0 Å². The molecule has 1 heterocycles. The number of esters is 1. The van der Waals surface area contributed by atoms with Crippen molar-refractivity contribution in [2.75, 3.05) is 0 Å². The van der Waals surface area contributed by atoms with E-state index in [0.717, 1.165) is 6.42 Å². The van der Waals surface area contributed by atoms with E-state index in [2.05, 4.69) is 16.0 Å². The van der Waals surface area contributed by atoms with E-state index < -0.39 is 47.7 Å². The molecular weight excluding hydrogens is 434 g/mol. The van der Waals surface area contributed by atoms with Gasteiger partial charge in [0.1, 0.15) is 23.6 Å². The molecule has 3 amide bonds. The van der Waals surface area contributed by atoms with Crippen LogP contribution in [-0.4, -0.2) is 64.8 Å². The van der Waals surface area contributed by atoms with Crippen LogP contribution in [0.4, 0.5) is 4.79 Å². The molecule has 0 aromatic carbocycles. The Kier molecular flexibility index (Phi) is 8.31. The minimum atomic E-state index is -1.21. The molecule has 0 aromatic rings. The highest BCUT2D eigenvalue weighted by Crippen LogP contribution is 2.37. The van der Waals surface area contributed by atoms with Crippen LogP contribution in [-0.2, 0) is 28.7 Å². The zero-order chi connectivity index (χ0) is 25.1. The lowest BCUT2D eigenvalue weighted by atomic mass is 9.83. The third kappa shape index (κ3) is 7.33. The first-order chi connectivity index (χ1) is 15.2. The first kappa shape index (κ1) is 26.4. The molecule has 1 saturated carbocycles. The molecule has 0 unspecified atom stereocenters. The predicted octanol–water partition coefficient (Wildman–Crippen LogP) is 0.952. The molecule has 1 aliphatic heterocycles. The molecule has 11 nitrogen and oxygen atoms in total. The van der Waals surface area contributed by atoms with Gasteiger partial charge in [-0.3, -0.25) is 14.4 Å². The highest BCUT2D eigenvalue weighted by atomic mass is 16.6. The number of ether oxygens (including phenoxy) is 2. The van der Waals surface area contributed by atoms with Crippen LogP contribution >= 0.6 is 0 Å². The summed E-state index contributed by atoms with van der Waals surface area (Å²) < 4.78 is 10.1. The molecular formula is C22H35N3O8. The maximum Gasteiger partial charge on any atom is 0.408 e. The van der Waals surface area contributed by atoms with Crippen molar-refractivity contribution in [1.29, 1.82) is 0 Å². The fraction of sp³-hybridized carbons (Fsp3) is 0.773. The van der Waals surface area contributed by atoms with Gasteiger partial charge in [-0.15, -0.1) is 0 Å². The van der Waals surface area contributed by atoms with E-state index in [1.807, 2.05) is 13.8 Å². The summed E-state index contributed by atoms with van der Waals surface area (Å²) in [5.74, 6) is -3.20. The lowest BCUT2D eigenvalue weighted by Crippen LogP contribution is -2.56. The summed E-state index contributed by atoms with van der Waals surface area (Å²) in [7, 11) is 0. The van der Waals surface area contributed by atoms with Crippen LogP contribution in [0.3, 0.4) is 0 Å². The van der Waals surface area contributed by atoms with E-state index in [1.54, 1.807) is 20.8 Å². The summed E-state index contributed by atoms with van der Waals surface area (Å²) in [4.78, 5) is 59.9. The number of alkyl carbamates (subject to hydrolysis) is 1. The minimum Gasteiger partial charge on any atom is -0.480 e. The van der Waals surface area contributed by atoms with E-state index in [1.165, 1.54) is 6.92 Å². The number of hydrogen-bond donors (Lipinski definition) is 4. The predicted molar refractivity (Wildman–Crippen MR) is 116 cm³/mol. The summed E-state index contributed by atoms with van der Waals surface area (Å²) in [5.41, 5.74) is -0.734. The summed E-state index contributed by atoms with van der Waals surface area (Å²) in [5, 5.41) is 17.1. The summed E-state index contributed by atoms with van der Waals surface area (Å²) in [6.45, 7) is 10.3. The molecule has 4 N–H and O–H groups in total. The lowest BCUT2D eigenvalue weighted by molar-refractivity contribution is -0.193. The number of amides is 3. The Labute approximate surface area is 193 Å². The van der Waals surface area contributed by atoms with Crippen molar-refractivity contribution >= 4 is 29.8 Å². The van der Waals surface area contributed by atoms with Gasteiger partial charge in [0.15, 0.2) is 6.10 Å². The number of rotatable bonds is 10. The smallest absolute Gasteiger partial charge is 0.408 e. The van der Waals surface area contributed by atoms with Crippen LogP contribution < -0.4 is 16.0 Å². The Morgan fingerprint density at radius 2 is 1.82 bits per heavy atom. The topological polar surface area (TPSA) is 160 Å².